The largest absolute Gasteiger partial charge is 0.490 e. The van der Waals surface area contributed by atoms with Crippen LogP contribution in [0.25, 0.3) is 0 Å². The van der Waals surface area contributed by atoms with Crippen LogP contribution in [0.15, 0.2) is 24.3 Å². The third-order valence-corrected chi connectivity index (χ3v) is 6.64. The summed E-state index contributed by atoms with van der Waals surface area (Å²) in [5.41, 5.74) is 0. The van der Waals surface area contributed by atoms with Crippen LogP contribution in [0, 0.1) is 0 Å². The lowest BCUT2D eigenvalue weighted by atomic mass is 10.2. The molecule has 2 aliphatic rings. The number of rotatable bonds is 6. The molecule has 0 aromatic heterocycles. The standard InChI is InChI=1S/C18H26N2O5S/c1-2-24-16-5-3-4-6-17(16)25-13-18(21)20-10-8-19(9-11-20)15-7-12-26(22,23)14-15/h3-6,15H,2,7-14H2,1H3. The van der Waals surface area contributed by atoms with Crippen molar-refractivity contribution in [2.75, 3.05) is 50.9 Å². The van der Waals surface area contributed by atoms with Gasteiger partial charge in [0.05, 0.1) is 18.1 Å². The van der Waals surface area contributed by atoms with Crippen LogP contribution in [0.1, 0.15) is 13.3 Å². The van der Waals surface area contributed by atoms with Gasteiger partial charge in [0.2, 0.25) is 0 Å². The minimum atomic E-state index is -2.88. The fraction of sp³-hybridized carbons (Fsp3) is 0.611. The number of amides is 1. The van der Waals surface area contributed by atoms with Gasteiger partial charge >= 0.3 is 0 Å². The van der Waals surface area contributed by atoms with Gasteiger partial charge in [-0.05, 0) is 25.5 Å². The van der Waals surface area contributed by atoms with Gasteiger partial charge in [-0.3, -0.25) is 9.69 Å². The second kappa shape index (κ2) is 8.26. The van der Waals surface area contributed by atoms with E-state index in [4.69, 9.17) is 9.47 Å². The molecule has 1 aromatic rings. The topological polar surface area (TPSA) is 76.2 Å². The zero-order valence-electron chi connectivity index (χ0n) is 15.1. The van der Waals surface area contributed by atoms with Crippen LogP contribution < -0.4 is 9.47 Å². The molecule has 2 fully saturated rings. The maximum Gasteiger partial charge on any atom is 0.260 e. The fourth-order valence-corrected chi connectivity index (χ4v) is 5.24. The van der Waals surface area contributed by atoms with Gasteiger partial charge in [0.15, 0.2) is 27.9 Å². The average molecular weight is 382 g/mol. The van der Waals surface area contributed by atoms with Gasteiger partial charge in [0.1, 0.15) is 0 Å². The number of sulfone groups is 1. The predicted octanol–water partition coefficient (Wildman–Crippen LogP) is 0.795. The SMILES string of the molecule is CCOc1ccccc1OCC(=O)N1CCN(C2CCS(=O)(=O)C2)CC1. The molecule has 2 saturated heterocycles. The molecule has 1 amide bonds. The van der Waals surface area contributed by atoms with Crippen LogP contribution in [0.4, 0.5) is 0 Å². The highest BCUT2D eigenvalue weighted by atomic mass is 32.2. The lowest BCUT2D eigenvalue weighted by molar-refractivity contribution is -0.135. The van der Waals surface area contributed by atoms with Gasteiger partial charge < -0.3 is 14.4 Å². The van der Waals surface area contributed by atoms with E-state index < -0.39 is 9.84 Å². The second-order valence-electron chi connectivity index (χ2n) is 6.64. The Morgan fingerprint density at radius 1 is 1.12 bits per heavy atom. The summed E-state index contributed by atoms with van der Waals surface area (Å²) in [6, 6.07) is 7.42. The van der Waals surface area contributed by atoms with Crippen molar-refractivity contribution < 1.29 is 22.7 Å². The Labute approximate surface area is 154 Å². The van der Waals surface area contributed by atoms with Gasteiger partial charge in [-0.2, -0.15) is 0 Å². The van der Waals surface area contributed by atoms with E-state index in [9.17, 15) is 13.2 Å². The molecule has 0 aliphatic carbocycles. The minimum Gasteiger partial charge on any atom is -0.490 e. The molecule has 0 N–H and O–H groups in total. The van der Waals surface area contributed by atoms with Crippen molar-refractivity contribution in [2.45, 2.75) is 19.4 Å². The Bertz CT molecular complexity index is 729. The smallest absolute Gasteiger partial charge is 0.260 e. The summed E-state index contributed by atoms with van der Waals surface area (Å²) in [4.78, 5) is 16.4. The Hall–Kier alpha value is -1.80. The van der Waals surface area contributed by atoms with Gasteiger partial charge in [-0.25, -0.2) is 8.42 Å². The van der Waals surface area contributed by atoms with E-state index >= 15 is 0 Å². The normalized spacial score (nSPS) is 23.0. The van der Waals surface area contributed by atoms with Crippen molar-refractivity contribution in [2.24, 2.45) is 0 Å². The number of benzene rings is 1. The molecule has 144 valence electrons. The second-order valence-corrected chi connectivity index (χ2v) is 8.87. The number of hydrogen-bond acceptors (Lipinski definition) is 6. The number of hydrogen-bond donors (Lipinski definition) is 0. The Balaban J connectivity index is 1.47. The molecule has 1 aromatic carbocycles. The van der Waals surface area contributed by atoms with Crippen molar-refractivity contribution in [3.05, 3.63) is 24.3 Å². The van der Waals surface area contributed by atoms with Gasteiger partial charge in [0.25, 0.3) is 5.91 Å². The van der Waals surface area contributed by atoms with E-state index in [-0.39, 0.29) is 30.1 Å². The molecule has 7 nitrogen and oxygen atoms in total. The molecule has 26 heavy (non-hydrogen) atoms. The number of piperazine rings is 1. The number of para-hydroxylation sites is 2. The molecule has 0 bridgehead atoms. The van der Waals surface area contributed by atoms with E-state index in [0.29, 0.717) is 50.7 Å². The molecule has 0 spiro atoms. The molecule has 1 unspecified atom stereocenters. The van der Waals surface area contributed by atoms with E-state index in [0.717, 1.165) is 0 Å². The first-order valence-corrected chi connectivity index (χ1v) is 10.9. The third kappa shape index (κ3) is 4.67. The van der Waals surface area contributed by atoms with Crippen LogP contribution in [0.2, 0.25) is 0 Å². The maximum absolute atomic E-state index is 12.4. The number of carbonyl (C=O) groups is 1. The van der Waals surface area contributed by atoms with Crippen LogP contribution in [0.5, 0.6) is 11.5 Å². The third-order valence-electron chi connectivity index (χ3n) is 4.89. The highest BCUT2D eigenvalue weighted by molar-refractivity contribution is 7.91. The first-order valence-electron chi connectivity index (χ1n) is 9.05. The molecule has 3 rings (SSSR count). The van der Waals surface area contributed by atoms with Gasteiger partial charge in [0, 0.05) is 32.2 Å². The van der Waals surface area contributed by atoms with Gasteiger partial charge in [-0.15, -0.1) is 0 Å². The van der Waals surface area contributed by atoms with E-state index in [1.54, 1.807) is 11.0 Å². The highest BCUT2D eigenvalue weighted by Crippen LogP contribution is 2.26. The zero-order chi connectivity index (χ0) is 18.6. The summed E-state index contributed by atoms with van der Waals surface area (Å²) in [6.45, 7) is 5.03. The first-order chi connectivity index (χ1) is 12.5. The summed E-state index contributed by atoms with van der Waals surface area (Å²) < 4.78 is 34.4. The maximum atomic E-state index is 12.4. The molecule has 1 atom stereocenters. The highest BCUT2D eigenvalue weighted by Gasteiger charge is 2.34. The van der Waals surface area contributed by atoms with Crippen LogP contribution in [0.3, 0.4) is 0 Å². The van der Waals surface area contributed by atoms with E-state index in [1.165, 1.54) is 0 Å². The lowest BCUT2D eigenvalue weighted by Crippen LogP contribution is -2.53. The molecule has 2 aliphatic heterocycles. The van der Waals surface area contributed by atoms with Crippen molar-refractivity contribution >= 4 is 15.7 Å². The number of nitrogens with zero attached hydrogens (tertiary/aromatic N) is 2. The van der Waals surface area contributed by atoms with Gasteiger partial charge in [-0.1, -0.05) is 12.1 Å². The van der Waals surface area contributed by atoms with Crippen molar-refractivity contribution in [1.82, 2.24) is 9.80 Å². The quantitative estimate of drug-likeness (QED) is 0.724. The van der Waals surface area contributed by atoms with Crippen molar-refractivity contribution in [1.29, 1.82) is 0 Å². The first kappa shape index (κ1) is 19.0. The molecular formula is C18H26N2O5S. The van der Waals surface area contributed by atoms with E-state index in [1.807, 2.05) is 25.1 Å². The summed E-state index contributed by atoms with van der Waals surface area (Å²) in [7, 11) is -2.88. The Morgan fingerprint density at radius 2 is 1.77 bits per heavy atom. The zero-order valence-corrected chi connectivity index (χ0v) is 15.9. The molecule has 2 heterocycles. The summed E-state index contributed by atoms with van der Waals surface area (Å²) in [6.07, 6.45) is 0.702. The monoisotopic (exact) mass is 382 g/mol. The van der Waals surface area contributed by atoms with E-state index in [2.05, 4.69) is 4.90 Å². The Morgan fingerprint density at radius 3 is 2.35 bits per heavy atom. The van der Waals surface area contributed by atoms with Crippen LogP contribution >= 0.6 is 0 Å². The summed E-state index contributed by atoms with van der Waals surface area (Å²) >= 11 is 0. The number of carbonyl (C=O) groups excluding carboxylic acids is 1. The fourth-order valence-electron chi connectivity index (χ4n) is 3.47. The molecule has 0 radical (unpaired) electrons. The Kier molecular flexibility index (Phi) is 6.03. The van der Waals surface area contributed by atoms with Crippen LogP contribution in [-0.4, -0.2) is 81.1 Å². The summed E-state index contributed by atoms with van der Waals surface area (Å²) in [5.74, 6) is 1.67. The minimum absolute atomic E-state index is 0.0259. The molecule has 8 heteroatoms. The summed E-state index contributed by atoms with van der Waals surface area (Å²) in [5, 5.41) is 0. The lowest BCUT2D eigenvalue weighted by Gasteiger charge is -2.37. The predicted molar refractivity (Wildman–Crippen MR) is 98.3 cm³/mol. The molecule has 0 saturated carbocycles. The van der Waals surface area contributed by atoms with Crippen LogP contribution in [-0.2, 0) is 14.6 Å². The molecular weight excluding hydrogens is 356 g/mol. The number of ether oxygens (including phenoxy) is 2. The van der Waals surface area contributed by atoms with Crippen molar-refractivity contribution in [3.8, 4) is 11.5 Å². The average Bonchev–Trinajstić information content (AvgIpc) is 3.01. The van der Waals surface area contributed by atoms with Crippen molar-refractivity contribution in [3.63, 3.8) is 0 Å².